The van der Waals surface area contributed by atoms with E-state index in [4.69, 9.17) is 5.73 Å². The first-order valence-corrected chi connectivity index (χ1v) is 8.89. The smallest absolute Gasteiger partial charge is 0.237 e. The monoisotopic (exact) mass is 347 g/mol. The van der Waals surface area contributed by atoms with Gasteiger partial charge in [0.15, 0.2) is 0 Å². The van der Waals surface area contributed by atoms with Gasteiger partial charge in [-0.2, -0.15) is 0 Å². The third-order valence-electron chi connectivity index (χ3n) is 4.29. The molecule has 0 aliphatic carbocycles. The number of nitrogens with two attached hydrogens (primary N) is 1. The average Bonchev–Trinajstić information content (AvgIpc) is 3.16. The van der Waals surface area contributed by atoms with Crippen LogP contribution in [-0.2, 0) is 22.6 Å². The van der Waals surface area contributed by atoms with Crippen LogP contribution in [0.4, 0.5) is 0 Å². The minimum absolute atomic E-state index is 0.124. The minimum Gasteiger partial charge on any atom is -0.368 e. The van der Waals surface area contributed by atoms with Crippen molar-refractivity contribution >= 4 is 23.2 Å². The van der Waals surface area contributed by atoms with Crippen molar-refractivity contribution < 1.29 is 9.59 Å². The zero-order chi connectivity index (χ0) is 17.1. The molecule has 1 saturated heterocycles. The van der Waals surface area contributed by atoms with Gasteiger partial charge in [0, 0.05) is 36.8 Å². The van der Waals surface area contributed by atoms with Crippen molar-refractivity contribution in [2.24, 2.45) is 5.73 Å². The Bertz CT molecular complexity index is 730. The van der Waals surface area contributed by atoms with Crippen LogP contribution in [0.15, 0.2) is 17.8 Å². The van der Waals surface area contributed by atoms with E-state index in [1.54, 1.807) is 23.7 Å². The number of thiazole rings is 1. The van der Waals surface area contributed by atoms with Crippen molar-refractivity contribution in [1.82, 2.24) is 19.4 Å². The molecule has 0 bridgehead atoms. The van der Waals surface area contributed by atoms with Gasteiger partial charge in [0.25, 0.3) is 0 Å². The van der Waals surface area contributed by atoms with Crippen LogP contribution >= 0.6 is 11.3 Å². The van der Waals surface area contributed by atoms with Gasteiger partial charge in [-0.05, 0) is 19.8 Å². The molecule has 0 aromatic carbocycles. The summed E-state index contributed by atoms with van der Waals surface area (Å²) >= 11 is 1.57. The zero-order valence-corrected chi connectivity index (χ0v) is 14.5. The number of carbonyl (C=O) groups is 2. The molecule has 1 fully saturated rings. The molecule has 0 radical (unpaired) electrons. The summed E-state index contributed by atoms with van der Waals surface area (Å²) in [5.74, 6) is 0.889. The average molecular weight is 347 g/mol. The van der Waals surface area contributed by atoms with Crippen molar-refractivity contribution in [3.8, 4) is 0 Å². The fourth-order valence-electron chi connectivity index (χ4n) is 3.13. The fraction of sp³-hybridized carbons (Fsp3) is 0.500. The third-order valence-corrected chi connectivity index (χ3v) is 5.11. The minimum atomic E-state index is -0.375. The molecule has 1 aliphatic heterocycles. The molecular weight excluding hydrogens is 326 g/mol. The number of hydrogen-bond acceptors (Lipinski definition) is 5. The molecule has 128 valence electrons. The van der Waals surface area contributed by atoms with Gasteiger partial charge in [-0.25, -0.2) is 9.97 Å². The molecule has 7 nitrogen and oxygen atoms in total. The summed E-state index contributed by atoms with van der Waals surface area (Å²) in [6.45, 7) is 3.50. The number of aryl methyl sites for hydroxylation is 1. The second kappa shape index (κ2) is 7.12. The highest BCUT2D eigenvalue weighted by Crippen LogP contribution is 2.27. The van der Waals surface area contributed by atoms with Gasteiger partial charge in [0.2, 0.25) is 11.8 Å². The summed E-state index contributed by atoms with van der Waals surface area (Å²) in [4.78, 5) is 34.2. The van der Waals surface area contributed by atoms with Gasteiger partial charge in [-0.15, -0.1) is 11.3 Å². The quantitative estimate of drug-likeness (QED) is 0.876. The van der Waals surface area contributed by atoms with E-state index in [9.17, 15) is 9.59 Å². The topological polar surface area (TPSA) is 94.1 Å². The van der Waals surface area contributed by atoms with E-state index in [0.29, 0.717) is 19.5 Å². The first-order chi connectivity index (χ1) is 11.5. The Hall–Kier alpha value is -2.22. The highest BCUT2D eigenvalue weighted by molar-refractivity contribution is 7.09. The van der Waals surface area contributed by atoms with Crippen molar-refractivity contribution in [2.45, 2.75) is 38.6 Å². The van der Waals surface area contributed by atoms with Gasteiger partial charge in [0.1, 0.15) is 12.4 Å². The van der Waals surface area contributed by atoms with Crippen LogP contribution in [0.1, 0.15) is 35.3 Å². The van der Waals surface area contributed by atoms with Crippen molar-refractivity contribution in [3.05, 3.63) is 34.3 Å². The molecule has 2 N–H and O–H groups in total. The maximum atomic E-state index is 12.4. The van der Waals surface area contributed by atoms with Gasteiger partial charge in [-0.3, -0.25) is 9.59 Å². The maximum Gasteiger partial charge on any atom is 0.237 e. The molecule has 3 heterocycles. The summed E-state index contributed by atoms with van der Waals surface area (Å²) in [5, 5.41) is 2.93. The number of amides is 2. The summed E-state index contributed by atoms with van der Waals surface area (Å²) in [6.07, 6.45) is 5.53. The lowest BCUT2D eigenvalue weighted by molar-refractivity contribution is -0.131. The molecule has 0 atom stereocenters. The van der Waals surface area contributed by atoms with Crippen LogP contribution in [0.25, 0.3) is 0 Å². The molecule has 2 aromatic heterocycles. The maximum absolute atomic E-state index is 12.4. The number of imidazole rings is 1. The molecule has 0 unspecified atom stereocenters. The van der Waals surface area contributed by atoms with E-state index in [-0.39, 0.29) is 24.3 Å². The first-order valence-electron chi connectivity index (χ1n) is 8.01. The van der Waals surface area contributed by atoms with E-state index in [1.807, 2.05) is 21.8 Å². The lowest BCUT2D eigenvalue weighted by Gasteiger charge is -2.31. The van der Waals surface area contributed by atoms with Gasteiger partial charge in [-0.1, -0.05) is 0 Å². The number of carbonyl (C=O) groups excluding carboxylic acids is 2. The second-order valence-electron chi connectivity index (χ2n) is 6.07. The number of nitrogens with zero attached hydrogens (tertiary/aromatic N) is 4. The summed E-state index contributed by atoms with van der Waals surface area (Å²) in [6, 6.07) is 0. The highest BCUT2D eigenvalue weighted by Gasteiger charge is 2.26. The van der Waals surface area contributed by atoms with E-state index >= 15 is 0 Å². The van der Waals surface area contributed by atoms with Crippen molar-refractivity contribution in [2.75, 3.05) is 13.1 Å². The Balaban J connectivity index is 1.56. The molecule has 3 rings (SSSR count). The summed E-state index contributed by atoms with van der Waals surface area (Å²) in [7, 11) is 0. The molecule has 2 aromatic rings. The van der Waals surface area contributed by atoms with Crippen molar-refractivity contribution in [3.63, 3.8) is 0 Å². The molecule has 0 spiro atoms. The normalized spacial score (nSPS) is 15.6. The predicted octanol–water partition coefficient (Wildman–Crippen LogP) is 1.08. The van der Waals surface area contributed by atoms with E-state index in [1.165, 1.54) is 0 Å². The lowest BCUT2D eigenvalue weighted by atomic mass is 9.95. The van der Waals surface area contributed by atoms with Crippen LogP contribution in [-0.4, -0.2) is 44.3 Å². The first kappa shape index (κ1) is 16.6. The van der Waals surface area contributed by atoms with Crippen LogP contribution in [0.2, 0.25) is 0 Å². The molecule has 1 aliphatic rings. The molecule has 2 amide bonds. The fourth-order valence-corrected chi connectivity index (χ4v) is 3.74. The Morgan fingerprint density at radius 2 is 2.12 bits per heavy atom. The lowest BCUT2D eigenvalue weighted by Crippen LogP contribution is -2.39. The standard InChI is InChI=1S/C16H21N5O2S/c1-11-19-13(10-24-11)8-15(23)20-5-2-12(3-6-20)16-18-4-7-21(16)9-14(17)22/h4,7,10,12H,2-3,5-6,8-9H2,1H3,(H2,17,22). The SMILES string of the molecule is Cc1nc(CC(=O)N2CCC(c3nccn3CC(N)=O)CC2)cs1. The Labute approximate surface area is 144 Å². The van der Waals surface area contributed by atoms with Crippen LogP contribution < -0.4 is 5.73 Å². The van der Waals surface area contributed by atoms with Gasteiger partial charge in [0.05, 0.1) is 17.1 Å². The van der Waals surface area contributed by atoms with Gasteiger partial charge < -0.3 is 15.2 Å². The molecule has 8 heteroatoms. The Morgan fingerprint density at radius 3 is 2.75 bits per heavy atom. The van der Waals surface area contributed by atoms with E-state index in [0.717, 1.165) is 29.4 Å². The van der Waals surface area contributed by atoms with Gasteiger partial charge >= 0.3 is 0 Å². The summed E-state index contributed by atoms with van der Waals surface area (Å²) < 4.78 is 1.81. The summed E-state index contributed by atoms with van der Waals surface area (Å²) in [5.41, 5.74) is 6.12. The number of hydrogen-bond donors (Lipinski definition) is 1. The van der Waals surface area contributed by atoms with Crippen LogP contribution in [0.3, 0.4) is 0 Å². The number of piperidine rings is 1. The predicted molar refractivity (Wildman–Crippen MR) is 90.5 cm³/mol. The largest absolute Gasteiger partial charge is 0.368 e. The second-order valence-corrected chi connectivity index (χ2v) is 7.13. The third kappa shape index (κ3) is 3.81. The Morgan fingerprint density at radius 1 is 1.38 bits per heavy atom. The highest BCUT2D eigenvalue weighted by atomic mass is 32.1. The van der Waals surface area contributed by atoms with Crippen LogP contribution in [0.5, 0.6) is 0 Å². The number of likely N-dealkylation sites (tertiary alicyclic amines) is 1. The number of rotatable bonds is 5. The molecule has 0 saturated carbocycles. The van der Waals surface area contributed by atoms with E-state index < -0.39 is 0 Å². The number of primary amides is 1. The Kier molecular flexibility index (Phi) is 4.94. The van der Waals surface area contributed by atoms with Crippen molar-refractivity contribution in [1.29, 1.82) is 0 Å². The molecular formula is C16H21N5O2S. The molecule has 24 heavy (non-hydrogen) atoms. The number of aromatic nitrogens is 3. The van der Waals surface area contributed by atoms with Crippen LogP contribution in [0, 0.1) is 6.92 Å². The van der Waals surface area contributed by atoms with E-state index in [2.05, 4.69) is 9.97 Å². The zero-order valence-electron chi connectivity index (χ0n) is 13.6.